The molecule has 1 nitrogen and oxygen atoms in total. The maximum Gasteiger partial charge on any atom is 0.127 e. The van der Waals surface area contributed by atoms with Crippen LogP contribution in [0.3, 0.4) is 0 Å². The Morgan fingerprint density at radius 1 is 1.38 bits per heavy atom. The normalized spacial score (nSPS) is 15.8. The highest BCUT2D eigenvalue weighted by Crippen LogP contribution is 2.20. The summed E-state index contributed by atoms with van der Waals surface area (Å²) in [6.45, 7) is 4.97. The first-order valence-corrected chi connectivity index (χ1v) is 6.16. The lowest BCUT2D eigenvalue weighted by molar-refractivity contribution is 0.580. The van der Waals surface area contributed by atoms with Crippen molar-refractivity contribution in [2.45, 2.75) is 45.7 Å². The highest BCUT2D eigenvalue weighted by molar-refractivity contribution is 5.24. The lowest BCUT2D eigenvalue weighted by atomic mass is 10.0. The van der Waals surface area contributed by atoms with Gasteiger partial charge in [-0.05, 0) is 36.8 Å². The highest BCUT2D eigenvalue weighted by atomic mass is 19.1. The van der Waals surface area contributed by atoms with Crippen molar-refractivity contribution in [1.82, 2.24) is 5.32 Å². The molecule has 0 aliphatic heterocycles. The Morgan fingerprint density at radius 3 is 2.69 bits per heavy atom. The number of halogens is 1. The van der Waals surface area contributed by atoms with E-state index in [1.54, 1.807) is 6.07 Å². The minimum absolute atomic E-state index is 0.0636. The Hall–Kier alpha value is -0.890. The first kappa shape index (κ1) is 11.6. The van der Waals surface area contributed by atoms with Crippen LogP contribution in [-0.2, 0) is 13.0 Å². The van der Waals surface area contributed by atoms with Gasteiger partial charge in [0.2, 0.25) is 0 Å². The van der Waals surface area contributed by atoms with Gasteiger partial charge in [0.25, 0.3) is 0 Å². The van der Waals surface area contributed by atoms with Gasteiger partial charge in [-0.1, -0.05) is 26.0 Å². The van der Waals surface area contributed by atoms with Gasteiger partial charge in [-0.15, -0.1) is 0 Å². The maximum atomic E-state index is 13.7. The van der Waals surface area contributed by atoms with Crippen LogP contribution >= 0.6 is 0 Å². The second-order valence-electron chi connectivity index (χ2n) is 5.18. The third-order valence-corrected chi connectivity index (χ3v) is 2.92. The van der Waals surface area contributed by atoms with E-state index in [9.17, 15) is 4.39 Å². The average molecular weight is 221 g/mol. The molecule has 1 fully saturated rings. The summed E-state index contributed by atoms with van der Waals surface area (Å²) in [5.74, 6) is 0.515. The van der Waals surface area contributed by atoms with Crippen LogP contribution in [0.1, 0.15) is 37.8 Å². The number of nitrogens with one attached hydrogen (secondary N) is 1. The van der Waals surface area contributed by atoms with E-state index in [2.05, 4.69) is 19.2 Å². The van der Waals surface area contributed by atoms with Gasteiger partial charge >= 0.3 is 0 Å². The second kappa shape index (κ2) is 4.96. The summed E-state index contributed by atoms with van der Waals surface area (Å²) >= 11 is 0. The molecule has 0 unspecified atom stereocenters. The Labute approximate surface area is 97.1 Å². The smallest absolute Gasteiger partial charge is 0.127 e. The lowest BCUT2D eigenvalue weighted by Gasteiger charge is -2.08. The fourth-order valence-corrected chi connectivity index (χ4v) is 1.87. The van der Waals surface area contributed by atoms with Gasteiger partial charge in [0.15, 0.2) is 0 Å². The summed E-state index contributed by atoms with van der Waals surface area (Å²) in [5.41, 5.74) is 1.89. The third kappa shape index (κ3) is 3.31. The predicted molar refractivity (Wildman–Crippen MR) is 64.8 cm³/mol. The summed E-state index contributed by atoms with van der Waals surface area (Å²) < 4.78 is 13.7. The van der Waals surface area contributed by atoms with Gasteiger partial charge in [0, 0.05) is 18.2 Å². The van der Waals surface area contributed by atoms with E-state index < -0.39 is 0 Å². The minimum Gasteiger partial charge on any atom is -0.310 e. The van der Waals surface area contributed by atoms with Crippen molar-refractivity contribution >= 4 is 0 Å². The van der Waals surface area contributed by atoms with E-state index in [1.807, 2.05) is 12.1 Å². The molecule has 2 heteroatoms. The molecule has 1 aliphatic rings. The quantitative estimate of drug-likeness (QED) is 0.804. The van der Waals surface area contributed by atoms with Crippen molar-refractivity contribution in [2.75, 3.05) is 0 Å². The van der Waals surface area contributed by atoms with Crippen molar-refractivity contribution in [3.8, 4) is 0 Å². The van der Waals surface area contributed by atoms with Gasteiger partial charge < -0.3 is 5.32 Å². The number of benzene rings is 1. The molecule has 1 saturated carbocycles. The zero-order valence-electron chi connectivity index (χ0n) is 10.1. The number of rotatable bonds is 5. The molecule has 0 radical (unpaired) electrons. The average Bonchev–Trinajstić information content (AvgIpc) is 2.99. The van der Waals surface area contributed by atoms with E-state index in [1.165, 1.54) is 12.8 Å². The number of hydrogen-bond donors (Lipinski definition) is 1. The van der Waals surface area contributed by atoms with Gasteiger partial charge in [0.05, 0.1) is 0 Å². The molecule has 0 aromatic heterocycles. The van der Waals surface area contributed by atoms with E-state index in [0.717, 1.165) is 17.5 Å². The van der Waals surface area contributed by atoms with Crippen LogP contribution in [0.2, 0.25) is 0 Å². The van der Waals surface area contributed by atoms with E-state index in [-0.39, 0.29) is 5.82 Å². The Kier molecular flexibility index (Phi) is 3.59. The van der Waals surface area contributed by atoms with Crippen molar-refractivity contribution in [1.29, 1.82) is 0 Å². The standard InChI is InChI=1S/C14H20FN/c1-10(2)7-11-3-4-12(14(15)8-11)9-16-13-5-6-13/h3-4,8,10,13,16H,5-7,9H2,1-2H3. The Balaban J connectivity index is 1.97. The van der Waals surface area contributed by atoms with Crippen LogP contribution in [0.5, 0.6) is 0 Å². The summed E-state index contributed by atoms with van der Waals surface area (Å²) in [7, 11) is 0. The molecular weight excluding hydrogens is 201 g/mol. The van der Waals surface area contributed by atoms with Crippen LogP contribution in [0.15, 0.2) is 18.2 Å². The van der Waals surface area contributed by atoms with Crippen LogP contribution in [-0.4, -0.2) is 6.04 Å². The summed E-state index contributed by atoms with van der Waals surface area (Å²) in [6.07, 6.45) is 3.44. The van der Waals surface area contributed by atoms with Gasteiger partial charge in [-0.25, -0.2) is 4.39 Å². The molecule has 0 bridgehead atoms. The Morgan fingerprint density at radius 2 is 2.12 bits per heavy atom. The SMILES string of the molecule is CC(C)Cc1ccc(CNC2CC2)c(F)c1. The second-order valence-corrected chi connectivity index (χ2v) is 5.18. The van der Waals surface area contributed by atoms with Crippen molar-refractivity contribution in [2.24, 2.45) is 5.92 Å². The van der Waals surface area contributed by atoms with Gasteiger partial charge in [-0.3, -0.25) is 0 Å². The van der Waals surface area contributed by atoms with Crippen LogP contribution in [0, 0.1) is 11.7 Å². The third-order valence-electron chi connectivity index (χ3n) is 2.92. The molecule has 1 aliphatic carbocycles. The zero-order chi connectivity index (χ0) is 11.5. The summed E-state index contributed by atoms with van der Waals surface area (Å²) in [5, 5.41) is 3.33. The fraction of sp³-hybridized carbons (Fsp3) is 0.571. The molecule has 0 spiro atoms. The fourth-order valence-electron chi connectivity index (χ4n) is 1.87. The molecule has 0 atom stereocenters. The zero-order valence-corrected chi connectivity index (χ0v) is 10.1. The first-order chi connectivity index (χ1) is 7.65. The highest BCUT2D eigenvalue weighted by Gasteiger charge is 2.20. The molecule has 2 rings (SSSR count). The first-order valence-electron chi connectivity index (χ1n) is 6.16. The number of hydrogen-bond acceptors (Lipinski definition) is 1. The lowest BCUT2D eigenvalue weighted by Crippen LogP contribution is -2.16. The van der Waals surface area contributed by atoms with Crippen LogP contribution < -0.4 is 5.32 Å². The van der Waals surface area contributed by atoms with Crippen molar-refractivity contribution in [3.05, 3.63) is 35.1 Å². The minimum atomic E-state index is -0.0636. The van der Waals surface area contributed by atoms with Crippen molar-refractivity contribution in [3.63, 3.8) is 0 Å². The monoisotopic (exact) mass is 221 g/mol. The molecule has 16 heavy (non-hydrogen) atoms. The molecule has 0 heterocycles. The molecule has 1 N–H and O–H groups in total. The van der Waals surface area contributed by atoms with E-state index in [0.29, 0.717) is 18.5 Å². The van der Waals surface area contributed by atoms with Crippen LogP contribution in [0.4, 0.5) is 4.39 Å². The van der Waals surface area contributed by atoms with Crippen molar-refractivity contribution < 1.29 is 4.39 Å². The summed E-state index contributed by atoms with van der Waals surface area (Å²) in [4.78, 5) is 0. The molecule has 0 saturated heterocycles. The largest absolute Gasteiger partial charge is 0.310 e. The maximum absolute atomic E-state index is 13.7. The van der Waals surface area contributed by atoms with Gasteiger partial charge in [-0.2, -0.15) is 0 Å². The molecule has 0 amide bonds. The van der Waals surface area contributed by atoms with Gasteiger partial charge in [0.1, 0.15) is 5.82 Å². The molecular formula is C14H20FN. The van der Waals surface area contributed by atoms with E-state index >= 15 is 0 Å². The predicted octanol–water partition coefficient (Wildman–Crippen LogP) is 3.28. The Bertz CT molecular complexity index is 356. The summed E-state index contributed by atoms with van der Waals surface area (Å²) in [6, 6.07) is 6.29. The van der Waals surface area contributed by atoms with E-state index in [4.69, 9.17) is 0 Å². The molecule has 1 aromatic rings. The molecule has 88 valence electrons. The van der Waals surface area contributed by atoms with Crippen LogP contribution in [0.25, 0.3) is 0 Å². The molecule has 1 aromatic carbocycles. The topological polar surface area (TPSA) is 12.0 Å².